The fourth-order valence-electron chi connectivity index (χ4n) is 1.55. The molecule has 0 fully saturated rings. The summed E-state index contributed by atoms with van der Waals surface area (Å²) < 4.78 is 0. The number of carbonyl (C=O) groups is 2. The van der Waals surface area contributed by atoms with E-state index in [0.717, 1.165) is 19.1 Å². The van der Waals surface area contributed by atoms with Crippen LogP contribution in [0.5, 0.6) is 0 Å². The Morgan fingerprint density at radius 2 is 2.15 bits per heavy atom. The van der Waals surface area contributed by atoms with Gasteiger partial charge in [0.2, 0.25) is 0 Å². The van der Waals surface area contributed by atoms with Crippen molar-refractivity contribution < 1.29 is 14.7 Å². The molecular weight excluding hydrogens is 258 g/mol. The van der Waals surface area contributed by atoms with Crippen molar-refractivity contribution in [2.24, 2.45) is 5.73 Å². The first kappa shape index (κ1) is 18.3. The molecule has 6 heteroatoms. The number of H-pyrrole nitrogens is 1. The Morgan fingerprint density at radius 3 is 2.65 bits per heavy atom. The highest BCUT2D eigenvalue weighted by atomic mass is 16.4. The Balaban J connectivity index is 0.000000370. The summed E-state index contributed by atoms with van der Waals surface area (Å²) in [5.74, 6) is -1.01. The van der Waals surface area contributed by atoms with Crippen molar-refractivity contribution >= 4 is 12.3 Å². The predicted molar refractivity (Wildman–Crippen MR) is 77.3 cm³/mol. The molecule has 0 saturated carbocycles. The molecule has 20 heavy (non-hydrogen) atoms. The number of aromatic amines is 1. The molecule has 1 rings (SSSR count). The smallest absolute Gasteiger partial charge is 0.320 e. The molecule has 6 nitrogen and oxygen atoms in total. The summed E-state index contributed by atoms with van der Waals surface area (Å²) in [6.45, 7) is 2.19. The van der Waals surface area contributed by atoms with E-state index in [-0.39, 0.29) is 6.42 Å². The van der Waals surface area contributed by atoms with Crippen LogP contribution < -0.4 is 5.73 Å². The topological polar surface area (TPSA) is 109 Å². The van der Waals surface area contributed by atoms with Crippen LogP contribution in [0, 0.1) is 0 Å². The van der Waals surface area contributed by atoms with Gasteiger partial charge in [0.25, 0.3) is 0 Å². The number of carboxylic acid groups (broad SMARTS) is 1. The molecule has 1 heterocycles. The van der Waals surface area contributed by atoms with Crippen LogP contribution in [0.25, 0.3) is 0 Å². The van der Waals surface area contributed by atoms with Crippen LogP contribution in [0.1, 0.15) is 51.1 Å². The number of nitrogens with zero attached hydrogens (tertiary/aromatic N) is 1. The molecule has 0 radical (unpaired) electrons. The van der Waals surface area contributed by atoms with Crippen molar-refractivity contribution in [3.63, 3.8) is 0 Å². The molecule has 0 aliphatic heterocycles. The number of hydrogen-bond acceptors (Lipinski definition) is 4. The standard InChI is InChI=1S/C8H16O.C6H9N3O2/c1-2-3-4-5-6-7-8-9;7-5(6(10)11)1-4-2-8-3-9-4/h8H,2-7H2,1H3;2-3,5H,1,7H2,(H,8,9)(H,10,11). The Kier molecular flexibility index (Phi) is 11.3. The Morgan fingerprint density at radius 1 is 1.45 bits per heavy atom. The molecule has 4 N–H and O–H groups in total. The monoisotopic (exact) mass is 283 g/mol. The lowest BCUT2D eigenvalue weighted by Crippen LogP contribution is -2.32. The number of aliphatic carboxylic acids is 1. The number of nitrogens with one attached hydrogen (secondary N) is 1. The van der Waals surface area contributed by atoms with E-state index >= 15 is 0 Å². The summed E-state index contributed by atoms with van der Waals surface area (Å²) in [7, 11) is 0. The number of hydrogen-bond donors (Lipinski definition) is 3. The zero-order chi connectivity index (χ0) is 15.2. The van der Waals surface area contributed by atoms with Crippen molar-refractivity contribution in [1.82, 2.24) is 9.97 Å². The maximum absolute atomic E-state index is 10.3. The van der Waals surface area contributed by atoms with Gasteiger partial charge in [-0.05, 0) is 6.42 Å². The van der Waals surface area contributed by atoms with Crippen LogP contribution in [0.3, 0.4) is 0 Å². The van der Waals surface area contributed by atoms with Crippen LogP contribution >= 0.6 is 0 Å². The first-order valence-electron chi connectivity index (χ1n) is 7.01. The molecule has 0 bridgehead atoms. The van der Waals surface area contributed by atoms with Gasteiger partial charge >= 0.3 is 5.97 Å². The van der Waals surface area contributed by atoms with Gasteiger partial charge in [-0.1, -0.05) is 32.6 Å². The summed E-state index contributed by atoms with van der Waals surface area (Å²) in [4.78, 5) is 26.7. The van der Waals surface area contributed by atoms with Crippen molar-refractivity contribution in [1.29, 1.82) is 0 Å². The second-order valence-electron chi connectivity index (χ2n) is 4.58. The molecule has 0 spiro atoms. The van der Waals surface area contributed by atoms with E-state index in [1.165, 1.54) is 32.0 Å². The van der Waals surface area contributed by atoms with Gasteiger partial charge < -0.3 is 20.6 Å². The number of imidazole rings is 1. The first-order chi connectivity index (χ1) is 9.61. The van der Waals surface area contributed by atoms with Gasteiger partial charge in [0.1, 0.15) is 12.3 Å². The Hall–Kier alpha value is -1.69. The SMILES string of the molecule is CCCCCCCC=O.NC(Cc1c[nH]cn1)C(=O)O. The van der Waals surface area contributed by atoms with Crippen LogP contribution in [0.2, 0.25) is 0 Å². The van der Waals surface area contributed by atoms with Gasteiger partial charge in [-0.25, -0.2) is 4.98 Å². The normalized spacial score (nSPS) is 11.3. The first-order valence-corrected chi connectivity index (χ1v) is 7.01. The second kappa shape index (κ2) is 12.3. The fourth-order valence-corrected chi connectivity index (χ4v) is 1.55. The van der Waals surface area contributed by atoms with Gasteiger partial charge in [0, 0.05) is 19.0 Å². The molecule has 0 aliphatic carbocycles. The highest BCUT2D eigenvalue weighted by molar-refractivity contribution is 5.73. The molecule has 1 aromatic rings. The zero-order valence-corrected chi connectivity index (χ0v) is 12.0. The molecule has 114 valence electrons. The summed E-state index contributed by atoms with van der Waals surface area (Å²) in [5, 5.41) is 8.42. The molecule has 0 saturated heterocycles. The van der Waals surface area contributed by atoms with E-state index in [9.17, 15) is 9.59 Å². The number of aldehydes is 1. The predicted octanol–water partition coefficient (Wildman–Crippen LogP) is 1.91. The number of carbonyl (C=O) groups excluding carboxylic acids is 1. The van der Waals surface area contributed by atoms with Crippen LogP contribution in [-0.4, -0.2) is 33.4 Å². The van der Waals surface area contributed by atoms with Gasteiger partial charge in [-0.2, -0.15) is 0 Å². The summed E-state index contributed by atoms with van der Waals surface area (Å²) >= 11 is 0. The van der Waals surface area contributed by atoms with E-state index in [1.54, 1.807) is 6.20 Å². The third-order valence-corrected chi connectivity index (χ3v) is 2.73. The average molecular weight is 283 g/mol. The number of rotatable bonds is 9. The van der Waals surface area contributed by atoms with Crippen molar-refractivity contribution in [2.75, 3.05) is 0 Å². The van der Waals surface area contributed by atoms with Gasteiger partial charge in [0.15, 0.2) is 0 Å². The minimum absolute atomic E-state index is 0.263. The number of unbranched alkanes of at least 4 members (excludes halogenated alkanes) is 5. The lowest BCUT2D eigenvalue weighted by molar-refractivity contribution is -0.138. The summed E-state index contributed by atoms with van der Waals surface area (Å²) in [5.41, 5.74) is 5.92. The highest BCUT2D eigenvalue weighted by Crippen LogP contribution is 2.02. The minimum Gasteiger partial charge on any atom is -0.480 e. The van der Waals surface area contributed by atoms with Gasteiger partial charge in [-0.15, -0.1) is 0 Å². The van der Waals surface area contributed by atoms with Crippen molar-refractivity contribution in [3.8, 4) is 0 Å². The van der Waals surface area contributed by atoms with E-state index in [2.05, 4.69) is 16.9 Å². The quantitative estimate of drug-likeness (QED) is 0.474. The zero-order valence-electron chi connectivity index (χ0n) is 12.0. The maximum atomic E-state index is 10.3. The molecule has 1 aromatic heterocycles. The highest BCUT2D eigenvalue weighted by Gasteiger charge is 2.12. The van der Waals surface area contributed by atoms with Gasteiger partial charge in [0.05, 0.1) is 12.0 Å². The van der Waals surface area contributed by atoms with Crippen molar-refractivity contribution in [3.05, 3.63) is 18.2 Å². The third-order valence-electron chi connectivity index (χ3n) is 2.73. The van der Waals surface area contributed by atoms with Crippen LogP contribution in [-0.2, 0) is 16.0 Å². The van der Waals surface area contributed by atoms with Gasteiger partial charge in [-0.3, -0.25) is 4.79 Å². The minimum atomic E-state index is -1.01. The molecule has 1 unspecified atom stereocenters. The second-order valence-corrected chi connectivity index (χ2v) is 4.58. The fraction of sp³-hybridized carbons (Fsp3) is 0.643. The molecule has 1 atom stereocenters. The number of aromatic nitrogens is 2. The molecular formula is C14H25N3O3. The summed E-state index contributed by atoms with van der Waals surface area (Å²) in [6, 6.07) is -0.863. The Bertz CT molecular complexity index is 353. The van der Waals surface area contributed by atoms with Crippen LogP contribution in [0.15, 0.2) is 12.5 Å². The van der Waals surface area contributed by atoms with E-state index in [1.807, 2.05) is 0 Å². The van der Waals surface area contributed by atoms with E-state index in [0.29, 0.717) is 5.69 Å². The number of nitrogens with two attached hydrogens (primary N) is 1. The number of carboxylic acids is 1. The third kappa shape index (κ3) is 10.3. The van der Waals surface area contributed by atoms with Crippen LogP contribution in [0.4, 0.5) is 0 Å². The molecule has 0 amide bonds. The lowest BCUT2D eigenvalue weighted by Gasteiger charge is -2.01. The maximum Gasteiger partial charge on any atom is 0.320 e. The lowest BCUT2D eigenvalue weighted by atomic mass is 10.1. The largest absolute Gasteiger partial charge is 0.480 e. The molecule has 0 aliphatic rings. The van der Waals surface area contributed by atoms with E-state index < -0.39 is 12.0 Å². The average Bonchev–Trinajstić information content (AvgIpc) is 2.92. The summed E-state index contributed by atoms with van der Waals surface area (Å²) in [6.07, 6.45) is 11.3. The van der Waals surface area contributed by atoms with Crippen molar-refractivity contribution in [2.45, 2.75) is 57.9 Å². The Labute approximate surface area is 119 Å². The molecule has 0 aromatic carbocycles. The van der Waals surface area contributed by atoms with E-state index in [4.69, 9.17) is 10.8 Å².